The molecule has 0 saturated heterocycles. The zero-order valence-corrected chi connectivity index (χ0v) is 18.4. The van der Waals surface area contributed by atoms with Crippen molar-refractivity contribution in [1.82, 2.24) is 4.90 Å². The molecule has 0 spiro atoms. The van der Waals surface area contributed by atoms with Crippen LogP contribution in [0.5, 0.6) is 0 Å². The third-order valence-corrected chi connectivity index (χ3v) is 4.85. The molecular formula is C23H38N2O4. The molecule has 1 aromatic rings. The van der Waals surface area contributed by atoms with E-state index in [1.54, 1.807) is 14.2 Å². The van der Waals surface area contributed by atoms with Gasteiger partial charge in [0.05, 0.1) is 0 Å². The Hall–Kier alpha value is -1.92. The minimum absolute atomic E-state index is 0.0474. The van der Waals surface area contributed by atoms with Gasteiger partial charge in [-0.2, -0.15) is 0 Å². The SMILES string of the molecule is CCc1ccc(NC(=O)CCCC(=O)N(CCCCOC)CCCCOC)cc1. The first-order valence-electron chi connectivity index (χ1n) is 10.7. The number of hydrogen-bond acceptors (Lipinski definition) is 4. The molecule has 0 aliphatic heterocycles. The summed E-state index contributed by atoms with van der Waals surface area (Å²) in [7, 11) is 3.38. The van der Waals surface area contributed by atoms with Crippen molar-refractivity contribution in [3.63, 3.8) is 0 Å². The molecule has 0 radical (unpaired) electrons. The maximum atomic E-state index is 12.6. The first-order chi connectivity index (χ1) is 14.1. The summed E-state index contributed by atoms with van der Waals surface area (Å²) >= 11 is 0. The molecule has 2 amide bonds. The van der Waals surface area contributed by atoms with Crippen molar-refractivity contribution in [3.05, 3.63) is 29.8 Å². The molecule has 1 rings (SSSR count). The summed E-state index contributed by atoms with van der Waals surface area (Å²) in [5.74, 6) is 0.0775. The number of unbranched alkanes of at least 4 members (excludes halogenated alkanes) is 2. The third kappa shape index (κ3) is 11.6. The van der Waals surface area contributed by atoms with E-state index in [1.807, 2.05) is 29.2 Å². The minimum Gasteiger partial charge on any atom is -0.385 e. The summed E-state index contributed by atoms with van der Waals surface area (Å²) in [6.45, 7) is 5.01. The number of hydrogen-bond donors (Lipinski definition) is 1. The van der Waals surface area contributed by atoms with Crippen molar-refractivity contribution in [2.75, 3.05) is 45.8 Å². The number of ether oxygens (including phenoxy) is 2. The molecule has 0 bridgehead atoms. The zero-order chi connectivity index (χ0) is 21.3. The summed E-state index contributed by atoms with van der Waals surface area (Å²) in [6, 6.07) is 7.88. The quantitative estimate of drug-likeness (QED) is 0.421. The average molecular weight is 407 g/mol. The number of amides is 2. The lowest BCUT2D eigenvalue weighted by Gasteiger charge is -2.23. The van der Waals surface area contributed by atoms with Crippen molar-refractivity contribution in [2.45, 2.75) is 58.3 Å². The van der Waals surface area contributed by atoms with Crippen molar-refractivity contribution < 1.29 is 19.1 Å². The molecule has 1 aromatic carbocycles. The number of nitrogens with zero attached hydrogens (tertiary/aromatic N) is 1. The highest BCUT2D eigenvalue weighted by Gasteiger charge is 2.13. The van der Waals surface area contributed by atoms with Crippen LogP contribution in [0.3, 0.4) is 0 Å². The molecule has 0 heterocycles. The highest BCUT2D eigenvalue weighted by Crippen LogP contribution is 2.11. The van der Waals surface area contributed by atoms with Gasteiger partial charge in [0.25, 0.3) is 0 Å². The summed E-state index contributed by atoms with van der Waals surface area (Å²) in [4.78, 5) is 26.7. The number of nitrogens with one attached hydrogen (secondary N) is 1. The normalized spacial score (nSPS) is 10.7. The van der Waals surface area contributed by atoms with Crippen LogP contribution in [-0.2, 0) is 25.5 Å². The molecule has 0 fully saturated rings. The van der Waals surface area contributed by atoms with E-state index in [2.05, 4.69) is 12.2 Å². The number of methoxy groups -OCH3 is 2. The van der Waals surface area contributed by atoms with Gasteiger partial charge < -0.3 is 19.7 Å². The van der Waals surface area contributed by atoms with Crippen LogP contribution in [0.2, 0.25) is 0 Å². The van der Waals surface area contributed by atoms with Gasteiger partial charge in [0.1, 0.15) is 0 Å². The van der Waals surface area contributed by atoms with E-state index in [4.69, 9.17) is 9.47 Å². The average Bonchev–Trinajstić information content (AvgIpc) is 2.73. The van der Waals surface area contributed by atoms with E-state index < -0.39 is 0 Å². The molecule has 29 heavy (non-hydrogen) atoms. The highest BCUT2D eigenvalue weighted by atomic mass is 16.5. The molecule has 1 N–H and O–H groups in total. The smallest absolute Gasteiger partial charge is 0.224 e. The molecule has 6 heteroatoms. The first kappa shape index (κ1) is 25.1. The largest absolute Gasteiger partial charge is 0.385 e. The Kier molecular flexibility index (Phi) is 13.8. The predicted molar refractivity (Wildman–Crippen MR) is 117 cm³/mol. The van der Waals surface area contributed by atoms with Crippen LogP contribution in [0.15, 0.2) is 24.3 Å². The van der Waals surface area contributed by atoms with Crippen LogP contribution in [-0.4, -0.2) is 57.2 Å². The molecular weight excluding hydrogens is 368 g/mol. The number of carbonyl (C=O) groups excluding carboxylic acids is 2. The van der Waals surface area contributed by atoms with E-state index >= 15 is 0 Å². The Balaban J connectivity index is 2.36. The molecule has 6 nitrogen and oxygen atoms in total. The molecule has 0 atom stereocenters. The second-order valence-electron chi connectivity index (χ2n) is 7.23. The van der Waals surface area contributed by atoms with Crippen LogP contribution < -0.4 is 5.32 Å². The molecule has 0 aliphatic carbocycles. The number of anilines is 1. The summed E-state index contributed by atoms with van der Waals surface area (Å²) in [6.07, 6.45) is 6.03. The fourth-order valence-corrected chi connectivity index (χ4v) is 3.06. The van der Waals surface area contributed by atoms with Gasteiger partial charge in [-0.1, -0.05) is 19.1 Å². The molecule has 0 saturated carbocycles. The molecule has 0 aliphatic rings. The van der Waals surface area contributed by atoms with Crippen molar-refractivity contribution in [3.8, 4) is 0 Å². The van der Waals surface area contributed by atoms with Gasteiger partial charge in [-0.3, -0.25) is 9.59 Å². The van der Waals surface area contributed by atoms with Gasteiger partial charge in [-0.25, -0.2) is 0 Å². The number of benzene rings is 1. The van der Waals surface area contributed by atoms with Crippen molar-refractivity contribution in [1.29, 1.82) is 0 Å². The van der Waals surface area contributed by atoms with Gasteiger partial charge in [-0.15, -0.1) is 0 Å². The lowest BCUT2D eigenvalue weighted by Crippen LogP contribution is -2.33. The monoisotopic (exact) mass is 406 g/mol. The maximum Gasteiger partial charge on any atom is 0.224 e. The van der Waals surface area contributed by atoms with Gasteiger partial charge in [0.2, 0.25) is 11.8 Å². The maximum absolute atomic E-state index is 12.6. The highest BCUT2D eigenvalue weighted by molar-refractivity contribution is 5.91. The van der Waals surface area contributed by atoms with Gasteiger partial charge in [-0.05, 0) is 56.2 Å². The van der Waals surface area contributed by atoms with Crippen LogP contribution in [0, 0.1) is 0 Å². The molecule has 164 valence electrons. The molecule has 0 unspecified atom stereocenters. The lowest BCUT2D eigenvalue weighted by atomic mass is 10.1. The van der Waals surface area contributed by atoms with Crippen LogP contribution >= 0.6 is 0 Å². The van der Waals surface area contributed by atoms with Crippen molar-refractivity contribution >= 4 is 17.5 Å². The Bertz CT molecular complexity index is 563. The lowest BCUT2D eigenvalue weighted by molar-refractivity contribution is -0.131. The first-order valence-corrected chi connectivity index (χ1v) is 10.7. The summed E-state index contributed by atoms with van der Waals surface area (Å²) < 4.78 is 10.2. The van der Waals surface area contributed by atoms with Crippen LogP contribution in [0.4, 0.5) is 5.69 Å². The Morgan fingerprint density at radius 1 is 0.862 bits per heavy atom. The Morgan fingerprint density at radius 2 is 1.45 bits per heavy atom. The number of carbonyl (C=O) groups is 2. The number of aryl methyl sites for hydroxylation is 1. The van der Waals surface area contributed by atoms with E-state index in [9.17, 15) is 9.59 Å². The summed E-state index contributed by atoms with van der Waals surface area (Å²) in [5, 5.41) is 2.90. The summed E-state index contributed by atoms with van der Waals surface area (Å²) in [5.41, 5.74) is 2.04. The fraction of sp³-hybridized carbons (Fsp3) is 0.652. The Labute approximate surface area is 175 Å². The minimum atomic E-state index is -0.0474. The van der Waals surface area contributed by atoms with Crippen LogP contribution in [0.1, 0.15) is 57.4 Å². The van der Waals surface area contributed by atoms with Crippen molar-refractivity contribution in [2.24, 2.45) is 0 Å². The standard InChI is InChI=1S/C23H38N2O4/c1-4-20-12-14-21(15-13-20)24-22(26)10-9-11-23(27)25(16-5-7-18-28-2)17-6-8-19-29-3/h12-15H,4-11,16-19H2,1-3H3,(H,24,26). The number of rotatable bonds is 16. The Morgan fingerprint density at radius 3 is 1.97 bits per heavy atom. The van der Waals surface area contributed by atoms with E-state index in [0.29, 0.717) is 32.5 Å². The van der Waals surface area contributed by atoms with Crippen LogP contribution in [0.25, 0.3) is 0 Å². The van der Waals surface area contributed by atoms with Gasteiger partial charge >= 0.3 is 0 Å². The van der Waals surface area contributed by atoms with E-state index in [-0.39, 0.29) is 11.8 Å². The second-order valence-corrected chi connectivity index (χ2v) is 7.23. The van der Waals surface area contributed by atoms with Gasteiger partial charge in [0.15, 0.2) is 0 Å². The second kappa shape index (κ2) is 15.9. The topological polar surface area (TPSA) is 67.9 Å². The zero-order valence-electron chi connectivity index (χ0n) is 18.4. The fourth-order valence-electron chi connectivity index (χ4n) is 3.06. The predicted octanol–water partition coefficient (Wildman–Crippen LogP) is 4.04. The van der Waals surface area contributed by atoms with Gasteiger partial charge in [0, 0.05) is 59.1 Å². The third-order valence-electron chi connectivity index (χ3n) is 4.85. The van der Waals surface area contributed by atoms with E-state index in [0.717, 1.165) is 50.9 Å². The van der Waals surface area contributed by atoms with E-state index in [1.165, 1.54) is 5.56 Å². The molecule has 0 aromatic heterocycles.